The van der Waals surface area contributed by atoms with Crippen LogP contribution >= 0.6 is 0 Å². The summed E-state index contributed by atoms with van der Waals surface area (Å²) < 4.78 is 32.4. The molecule has 1 aromatic rings. The smallest absolute Gasteiger partial charge is 0.335 e. The van der Waals surface area contributed by atoms with E-state index in [1.54, 1.807) is 6.92 Å². The minimum Gasteiger partial charge on any atom is -0.381 e. The lowest BCUT2D eigenvalue weighted by atomic mass is 9.98. The van der Waals surface area contributed by atoms with E-state index in [2.05, 4.69) is 11.4 Å². The van der Waals surface area contributed by atoms with Gasteiger partial charge in [-0.25, -0.2) is 0 Å². The molecule has 1 aliphatic rings. The predicted octanol–water partition coefficient (Wildman–Crippen LogP) is 2.01. The summed E-state index contributed by atoms with van der Waals surface area (Å²) in [7, 11) is -4.10. The summed E-state index contributed by atoms with van der Waals surface area (Å²) in [6.45, 7) is 3.00. The van der Waals surface area contributed by atoms with E-state index in [-0.39, 0.29) is 13.1 Å². The third kappa shape index (κ3) is 3.34. The van der Waals surface area contributed by atoms with Gasteiger partial charge in [-0.15, -0.1) is 0 Å². The van der Waals surface area contributed by atoms with Crippen LogP contribution in [0.15, 0.2) is 30.3 Å². The van der Waals surface area contributed by atoms with Gasteiger partial charge in [-0.05, 0) is 18.1 Å². The van der Waals surface area contributed by atoms with Gasteiger partial charge in [0.2, 0.25) is 0 Å². The molecule has 6 heteroatoms. The summed E-state index contributed by atoms with van der Waals surface area (Å²) in [5, 5.41) is 3.27. The second-order valence-corrected chi connectivity index (χ2v) is 5.79. The normalized spacial score (nSPS) is 14.8. The van der Waals surface area contributed by atoms with Gasteiger partial charge in [-0.2, -0.15) is 12.7 Å². The fourth-order valence-electron chi connectivity index (χ4n) is 2.23. The van der Waals surface area contributed by atoms with Crippen LogP contribution in [-0.2, 0) is 10.3 Å². The average molecular weight is 282 g/mol. The molecule has 2 rings (SSSR count). The monoisotopic (exact) mass is 282 g/mol. The van der Waals surface area contributed by atoms with E-state index in [1.807, 2.05) is 24.3 Å². The Hall–Kier alpha value is -1.37. The summed E-state index contributed by atoms with van der Waals surface area (Å²) in [5.74, 6) is 0. The Morgan fingerprint density at radius 3 is 2.79 bits per heavy atom. The summed E-state index contributed by atoms with van der Waals surface area (Å²) >= 11 is 0. The minimum atomic E-state index is -4.10. The predicted molar refractivity (Wildman–Crippen MR) is 76.3 cm³/mol. The Balaban J connectivity index is 2.10. The molecule has 0 saturated carbocycles. The van der Waals surface area contributed by atoms with Crippen molar-refractivity contribution in [2.24, 2.45) is 0 Å². The number of benzene rings is 1. The summed E-state index contributed by atoms with van der Waals surface area (Å²) in [6, 6.07) is 7.94. The number of fused-ring (bicyclic) bond motifs is 1. The molecule has 1 heterocycles. The van der Waals surface area contributed by atoms with Gasteiger partial charge in [0.25, 0.3) is 0 Å². The van der Waals surface area contributed by atoms with Crippen molar-refractivity contribution in [2.45, 2.75) is 13.3 Å². The van der Waals surface area contributed by atoms with Crippen molar-refractivity contribution in [1.82, 2.24) is 4.31 Å². The number of hydrogen-bond donors (Lipinski definition) is 2. The molecule has 5 nitrogen and oxygen atoms in total. The molecule has 0 fully saturated rings. The zero-order valence-electron chi connectivity index (χ0n) is 10.8. The van der Waals surface area contributed by atoms with Crippen molar-refractivity contribution < 1.29 is 13.0 Å². The number of nitrogens with zero attached hydrogens (tertiary/aromatic N) is 1. The van der Waals surface area contributed by atoms with Crippen molar-refractivity contribution in [3.05, 3.63) is 35.9 Å². The van der Waals surface area contributed by atoms with E-state index < -0.39 is 10.3 Å². The van der Waals surface area contributed by atoms with Gasteiger partial charge in [-0.1, -0.05) is 31.2 Å². The quantitative estimate of drug-likeness (QED) is 0.811. The molecule has 0 amide bonds. The molecule has 0 unspecified atom stereocenters. The fourth-order valence-corrected chi connectivity index (χ4v) is 2.88. The number of hydrogen-bond acceptors (Lipinski definition) is 3. The lowest BCUT2D eigenvalue weighted by Gasteiger charge is -2.22. The highest BCUT2D eigenvalue weighted by Gasteiger charge is 2.18. The Morgan fingerprint density at radius 2 is 2.11 bits per heavy atom. The van der Waals surface area contributed by atoms with Crippen molar-refractivity contribution in [3.63, 3.8) is 0 Å². The summed E-state index contributed by atoms with van der Waals surface area (Å²) in [6.07, 6.45) is 2.65. The van der Waals surface area contributed by atoms with Crippen LogP contribution in [0.4, 0.5) is 5.69 Å². The molecule has 0 atom stereocenters. The first-order valence-corrected chi connectivity index (χ1v) is 7.67. The van der Waals surface area contributed by atoms with Crippen molar-refractivity contribution >= 4 is 21.6 Å². The zero-order valence-corrected chi connectivity index (χ0v) is 11.7. The molecular weight excluding hydrogens is 264 g/mol. The van der Waals surface area contributed by atoms with Crippen LogP contribution in [-0.4, -0.2) is 36.9 Å². The van der Waals surface area contributed by atoms with Gasteiger partial charge >= 0.3 is 10.3 Å². The maximum atomic E-state index is 11.1. The maximum Gasteiger partial charge on any atom is 0.335 e. The standard InChI is InChI=1S/C13H18N2O3S/c1-2-15(19(16,17)18)10-8-11-7-9-14-13-6-4-3-5-12(11)13/h3-7,14H,2,8-10H2,1H3,(H,16,17,18). The van der Waals surface area contributed by atoms with Gasteiger partial charge in [0.1, 0.15) is 0 Å². The van der Waals surface area contributed by atoms with E-state index >= 15 is 0 Å². The number of nitrogens with one attached hydrogen (secondary N) is 1. The summed E-state index contributed by atoms with van der Waals surface area (Å²) in [5.41, 5.74) is 3.27. The molecule has 0 radical (unpaired) electrons. The third-order valence-corrected chi connectivity index (χ3v) is 4.32. The van der Waals surface area contributed by atoms with Gasteiger partial charge in [0, 0.05) is 30.9 Å². The van der Waals surface area contributed by atoms with Crippen molar-refractivity contribution in [2.75, 3.05) is 25.0 Å². The van der Waals surface area contributed by atoms with Gasteiger partial charge < -0.3 is 5.32 Å². The molecule has 0 bridgehead atoms. The highest BCUT2D eigenvalue weighted by Crippen LogP contribution is 2.29. The average Bonchev–Trinajstić information content (AvgIpc) is 2.38. The molecule has 19 heavy (non-hydrogen) atoms. The van der Waals surface area contributed by atoms with E-state index in [0.29, 0.717) is 6.42 Å². The highest BCUT2D eigenvalue weighted by molar-refractivity contribution is 7.83. The topological polar surface area (TPSA) is 69.6 Å². The molecule has 104 valence electrons. The second-order valence-electron chi connectivity index (χ2n) is 4.38. The molecular formula is C13H18N2O3S. The molecule has 1 aromatic carbocycles. The molecule has 0 aromatic heterocycles. The summed E-state index contributed by atoms with van der Waals surface area (Å²) in [4.78, 5) is 0. The molecule has 0 aliphatic carbocycles. The van der Waals surface area contributed by atoms with E-state index in [9.17, 15) is 8.42 Å². The van der Waals surface area contributed by atoms with E-state index in [1.165, 1.54) is 0 Å². The molecule has 0 saturated heterocycles. The van der Waals surface area contributed by atoms with Gasteiger partial charge in [0.15, 0.2) is 0 Å². The third-order valence-electron chi connectivity index (χ3n) is 3.22. The van der Waals surface area contributed by atoms with Gasteiger partial charge in [-0.3, -0.25) is 4.55 Å². The van der Waals surface area contributed by atoms with Crippen LogP contribution in [0.1, 0.15) is 18.9 Å². The lowest BCUT2D eigenvalue weighted by Crippen LogP contribution is -2.31. The van der Waals surface area contributed by atoms with Crippen molar-refractivity contribution in [3.8, 4) is 0 Å². The van der Waals surface area contributed by atoms with Crippen LogP contribution < -0.4 is 5.32 Å². The minimum absolute atomic E-state index is 0.270. The first-order valence-electron chi connectivity index (χ1n) is 6.27. The van der Waals surface area contributed by atoms with Gasteiger partial charge in [0.05, 0.1) is 0 Å². The lowest BCUT2D eigenvalue weighted by molar-refractivity contribution is 0.365. The molecule has 2 N–H and O–H groups in total. The Labute approximate surface area is 113 Å². The second kappa shape index (κ2) is 5.73. The van der Waals surface area contributed by atoms with Crippen LogP contribution in [0.3, 0.4) is 0 Å². The van der Waals surface area contributed by atoms with E-state index in [4.69, 9.17) is 4.55 Å². The Kier molecular flexibility index (Phi) is 4.24. The zero-order chi connectivity index (χ0) is 13.9. The van der Waals surface area contributed by atoms with E-state index in [0.717, 1.165) is 27.7 Å². The number of anilines is 1. The first-order chi connectivity index (χ1) is 9.02. The molecule has 0 spiro atoms. The van der Waals surface area contributed by atoms with Crippen LogP contribution in [0.2, 0.25) is 0 Å². The maximum absolute atomic E-state index is 11.1. The SMILES string of the molecule is CCN(CCC1=CCNc2ccccc21)S(=O)(=O)O. The first kappa shape index (κ1) is 14.0. The van der Waals surface area contributed by atoms with Crippen LogP contribution in [0.25, 0.3) is 5.57 Å². The van der Waals surface area contributed by atoms with Crippen LogP contribution in [0.5, 0.6) is 0 Å². The van der Waals surface area contributed by atoms with Crippen LogP contribution in [0, 0.1) is 0 Å². The Morgan fingerprint density at radius 1 is 1.37 bits per heavy atom. The fraction of sp³-hybridized carbons (Fsp3) is 0.385. The number of para-hydroxylation sites is 1. The number of rotatable bonds is 5. The molecule has 1 aliphatic heterocycles. The van der Waals surface area contributed by atoms with Crippen molar-refractivity contribution in [1.29, 1.82) is 0 Å². The largest absolute Gasteiger partial charge is 0.381 e. The Bertz CT molecular complexity index is 581. The highest BCUT2D eigenvalue weighted by atomic mass is 32.2.